The Kier molecular flexibility index (Phi) is 3.38. The minimum absolute atomic E-state index is 0.691. The monoisotopic (exact) mass is 214 g/mol. The second-order valence-corrected chi connectivity index (χ2v) is 3.31. The van der Waals surface area contributed by atoms with Crippen molar-refractivity contribution in [3.8, 4) is 5.75 Å². The minimum Gasteiger partial charge on any atom is -0.494 e. The Morgan fingerprint density at radius 1 is 1.19 bits per heavy atom. The molecule has 0 aliphatic heterocycles. The molecule has 0 radical (unpaired) electrons. The number of hydrogen-bond acceptors (Lipinski definition) is 2. The van der Waals surface area contributed by atoms with Gasteiger partial charge in [0.1, 0.15) is 5.75 Å². The molecular weight excluding hydrogens is 200 g/mol. The molecule has 0 saturated heterocycles. The lowest BCUT2D eigenvalue weighted by atomic mass is 10.2. The fourth-order valence-corrected chi connectivity index (χ4v) is 1.35. The van der Waals surface area contributed by atoms with Crippen molar-refractivity contribution in [2.75, 3.05) is 6.61 Å². The van der Waals surface area contributed by atoms with Gasteiger partial charge in [0.15, 0.2) is 0 Å². The van der Waals surface area contributed by atoms with Crippen LogP contribution in [0.4, 0.5) is 0 Å². The molecule has 0 amide bonds. The fraction of sp³-hybridized carbons (Fsp3) is 0.154. The highest BCUT2D eigenvalue weighted by Gasteiger charge is 1.91. The van der Waals surface area contributed by atoms with E-state index in [9.17, 15) is 0 Å². The van der Waals surface area contributed by atoms with Crippen LogP contribution in [0.2, 0.25) is 0 Å². The van der Waals surface area contributed by atoms with Crippen LogP contribution >= 0.6 is 0 Å². The van der Waals surface area contributed by atoms with Crippen LogP contribution in [0.25, 0.3) is 0 Å². The smallest absolute Gasteiger partial charge is 0.119 e. The maximum absolute atomic E-state index is 5.36. The number of rotatable bonds is 4. The van der Waals surface area contributed by atoms with Crippen LogP contribution in [-0.4, -0.2) is 17.5 Å². The average molecular weight is 214 g/mol. The SMILES string of the molecule is CCOc1ccc(C=Nn2cccc2)cc1. The molecule has 1 heterocycles. The molecule has 2 rings (SSSR count). The highest BCUT2D eigenvalue weighted by Crippen LogP contribution is 2.10. The zero-order valence-corrected chi connectivity index (χ0v) is 9.21. The first-order chi connectivity index (χ1) is 7.88. The molecule has 3 heteroatoms. The summed E-state index contributed by atoms with van der Waals surface area (Å²) in [6.45, 7) is 2.66. The minimum atomic E-state index is 0.691. The number of benzene rings is 1. The molecule has 0 saturated carbocycles. The van der Waals surface area contributed by atoms with E-state index < -0.39 is 0 Å². The van der Waals surface area contributed by atoms with Crippen molar-refractivity contribution in [1.82, 2.24) is 4.68 Å². The normalized spacial score (nSPS) is 10.8. The molecular formula is C13H14N2O. The highest BCUT2D eigenvalue weighted by molar-refractivity contribution is 5.79. The van der Waals surface area contributed by atoms with E-state index in [0.717, 1.165) is 11.3 Å². The Balaban J connectivity index is 2.05. The highest BCUT2D eigenvalue weighted by atomic mass is 16.5. The first-order valence-electron chi connectivity index (χ1n) is 5.28. The maximum Gasteiger partial charge on any atom is 0.119 e. The number of ether oxygens (including phenoxy) is 1. The molecule has 0 unspecified atom stereocenters. The second-order valence-electron chi connectivity index (χ2n) is 3.31. The topological polar surface area (TPSA) is 26.5 Å². The van der Waals surface area contributed by atoms with E-state index in [0.29, 0.717) is 6.61 Å². The lowest BCUT2D eigenvalue weighted by Gasteiger charge is -2.01. The Hall–Kier alpha value is -2.03. The fourth-order valence-electron chi connectivity index (χ4n) is 1.35. The van der Waals surface area contributed by atoms with E-state index in [1.807, 2.05) is 61.9 Å². The lowest BCUT2D eigenvalue weighted by molar-refractivity contribution is 0.340. The van der Waals surface area contributed by atoms with Crippen molar-refractivity contribution < 1.29 is 4.74 Å². The summed E-state index contributed by atoms with van der Waals surface area (Å²) in [5.74, 6) is 0.889. The van der Waals surface area contributed by atoms with Gasteiger partial charge in [0.2, 0.25) is 0 Å². The molecule has 0 fully saturated rings. The Morgan fingerprint density at radius 3 is 2.50 bits per heavy atom. The van der Waals surface area contributed by atoms with Gasteiger partial charge in [0, 0.05) is 12.4 Å². The van der Waals surface area contributed by atoms with Gasteiger partial charge < -0.3 is 4.74 Å². The van der Waals surface area contributed by atoms with Gasteiger partial charge >= 0.3 is 0 Å². The standard InChI is InChI=1S/C13H14N2O/c1-2-16-13-7-5-12(6-8-13)11-14-15-9-3-4-10-15/h3-11H,2H2,1H3. The molecule has 82 valence electrons. The summed E-state index contributed by atoms with van der Waals surface area (Å²) in [5.41, 5.74) is 1.05. The number of hydrogen-bond donors (Lipinski definition) is 0. The van der Waals surface area contributed by atoms with Gasteiger partial charge in [-0.1, -0.05) is 0 Å². The van der Waals surface area contributed by atoms with Crippen LogP contribution in [0.5, 0.6) is 5.75 Å². The van der Waals surface area contributed by atoms with Crippen molar-refractivity contribution in [2.45, 2.75) is 6.92 Å². The Labute approximate surface area is 95.0 Å². The van der Waals surface area contributed by atoms with Crippen molar-refractivity contribution in [2.24, 2.45) is 5.10 Å². The summed E-state index contributed by atoms with van der Waals surface area (Å²) in [5, 5.41) is 4.26. The Bertz CT molecular complexity index is 443. The number of aromatic nitrogens is 1. The third-order valence-corrected chi connectivity index (χ3v) is 2.12. The third kappa shape index (κ3) is 2.73. The molecule has 1 aromatic heterocycles. The lowest BCUT2D eigenvalue weighted by Crippen LogP contribution is -1.91. The first-order valence-corrected chi connectivity index (χ1v) is 5.28. The molecule has 0 aliphatic carbocycles. The summed E-state index contributed by atoms with van der Waals surface area (Å²) < 4.78 is 7.12. The molecule has 1 aromatic carbocycles. The van der Waals surface area contributed by atoms with E-state index in [2.05, 4.69) is 5.10 Å². The largest absolute Gasteiger partial charge is 0.494 e. The van der Waals surface area contributed by atoms with Crippen molar-refractivity contribution in [3.63, 3.8) is 0 Å². The predicted molar refractivity (Wildman–Crippen MR) is 65.0 cm³/mol. The van der Waals surface area contributed by atoms with Crippen molar-refractivity contribution in [1.29, 1.82) is 0 Å². The zero-order chi connectivity index (χ0) is 11.2. The van der Waals surface area contributed by atoms with Crippen LogP contribution in [-0.2, 0) is 0 Å². The summed E-state index contributed by atoms with van der Waals surface area (Å²) in [6.07, 6.45) is 5.60. The second kappa shape index (κ2) is 5.16. The molecule has 0 spiro atoms. The van der Waals surface area contributed by atoms with E-state index >= 15 is 0 Å². The van der Waals surface area contributed by atoms with Crippen LogP contribution in [0.3, 0.4) is 0 Å². The zero-order valence-electron chi connectivity index (χ0n) is 9.21. The quantitative estimate of drug-likeness (QED) is 0.719. The van der Waals surface area contributed by atoms with Crippen molar-refractivity contribution in [3.05, 3.63) is 54.4 Å². The summed E-state index contributed by atoms with van der Waals surface area (Å²) in [4.78, 5) is 0. The van der Waals surface area contributed by atoms with Crippen molar-refractivity contribution >= 4 is 6.21 Å². The van der Waals surface area contributed by atoms with Crippen LogP contribution in [0.1, 0.15) is 12.5 Å². The van der Waals surface area contributed by atoms with Gasteiger partial charge in [-0.05, 0) is 48.9 Å². The van der Waals surface area contributed by atoms with Crippen LogP contribution in [0, 0.1) is 0 Å². The third-order valence-electron chi connectivity index (χ3n) is 2.12. The van der Waals surface area contributed by atoms with Gasteiger partial charge in [0.25, 0.3) is 0 Å². The molecule has 3 nitrogen and oxygen atoms in total. The molecule has 2 aromatic rings. The molecule has 0 aliphatic rings. The first kappa shape index (κ1) is 10.5. The van der Waals surface area contributed by atoms with E-state index in [-0.39, 0.29) is 0 Å². The van der Waals surface area contributed by atoms with E-state index in [4.69, 9.17) is 4.74 Å². The molecule has 0 bridgehead atoms. The van der Waals surface area contributed by atoms with Crippen LogP contribution < -0.4 is 4.74 Å². The van der Waals surface area contributed by atoms with Gasteiger partial charge in [-0.25, -0.2) is 4.68 Å². The Morgan fingerprint density at radius 2 is 1.88 bits per heavy atom. The predicted octanol–water partition coefficient (Wildman–Crippen LogP) is 2.77. The van der Waals surface area contributed by atoms with Gasteiger partial charge in [-0.2, -0.15) is 5.10 Å². The average Bonchev–Trinajstić information content (AvgIpc) is 2.82. The van der Waals surface area contributed by atoms with Gasteiger partial charge in [0.05, 0.1) is 12.8 Å². The summed E-state index contributed by atoms with van der Waals surface area (Å²) in [6, 6.07) is 11.7. The molecule has 0 N–H and O–H groups in total. The van der Waals surface area contributed by atoms with Gasteiger partial charge in [-0.3, -0.25) is 0 Å². The summed E-state index contributed by atoms with van der Waals surface area (Å²) >= 11 is 0. The summed E-state index contributed by atoms with van der Waals surface area (Å²) in [7, 11) is 0. The maximum atomic E-state index is 5.36. The number of nitrogens with zero attached hydrogens (tertiary/aromatic N) is 2. The van der Waals surface area contributed by atoms with E-state index in [1.54, 1.807) is 4.68 Å². The molecule has 0 atom stereocenters. The van der Waals surface area contributed by atoms with E-state index in [1.165, 1.54) is 0 Å². The van der Waals surface area contributed by atoms with Gasteiger partial charge in [-0.15, -0.1) is 0 Å². The molecule has 16 heavy (non-hydrogen) atoms. The van der Waals surface area contributed by atoms with Crippen LogP contribution in [0.15, 0.2) is 53.9 Å².